The summed E-state index contributed by atoms with van der Waals surface area (Å²) in [6.07, 6.45) is 1.58. The van der Waals surface area contributed by atoms with Crippen LogP contribution in [0.5, 0.6) is 5.75 Å². The molecule has 0 N–H and O–H groups in total. The van der Waals surface area contributed by atoms with Gasteiger partial charge in [0, 0.05) is 30.6 Å². The summed E-state index contributed by atoms with van der Waals surface area (Å²) in [6.45, 7) is 1.44. The van der Waals surface area contributed by atoms with E-state index in [-0.39, 0.29) is 5.91 Å². The first kappa shape index (κ1) is 16.3. The maximum Gasteiger partial charge on any atom is 0.258 e. The van der Waals surface area contributed by atoms with Crippen molar-refractivity contribution in [1.82, 2.24) is 15.0 Å². The lowest BCUT2D eigenvalue weighted by atomic mass is 10.1. The molecule has 1 fully saturated rings. The Morgan fingerprint density at radius 3 is 2.81 bits per heavy atom. The van der Waals surface area contributed by atoms with E-state index in [4.69, 9.17) is 9.26 Å². The van der Waals surface area contributed by atoms with E-state index in [2.05, 4.69) is 10.1 Å². The zero-order chi connectivity index (χ0) is 17.9. The summed E-state index contributed by atoms with van der Waals surface area (Å²) >= 11 is 0. The third-order valence-corrected chi connectivity index (χ3v) is 4.47. The number of carbonyl (C=O) groups excluding carboxylic acids is 1. The van der Waals surface area contributed by atoms with E-state index in [1.807, 2.05) is 53.4 Å². The molecule has 2 heterocycles. The summed E-state index contributed by atoms with van der Waals surface area (Å²) in [6, 6.07) is 15.4. The number of hydrogen-bond acceptors (Lipinski definition) is 5. The Morgan fingerprint density at radius 1 is 1.15 bits per heavy atom. The molecule has 1 aliphatic rings. The molecule has 2 aromatic carbocycles. The molecule has 26 heavy (non-hydrogen) atoms. The highest BCUT2D eigenvalue weighted by Crippen LogP contribution is 2.26. The van der Waals surface area contributed by atoms with Crippen molar-refractivity contribution in [3.05, 3.63) is 54.1 Å². The summed E-state index contributed by atoms with van der Waals surface area (Å²) in [7, 11) is 1.62. The monoisotopic (exact) mass is 349 g/mol. The maximum absolute atomic E-state index is 11.8. The number of nitrogens with zero attached hydrogens (tertiary/aromatic N) is 3. The Kier molecular flexibility index (Phi) is 4.39. The molecular weight excluding hydrogens is 330 g/mol. The number of carbonyl (C=O) groups is 1. The third kappa shape index (κ3) is 3.31. The maximum atomic E-state index is 11.8. The molecule has 0 spiro atoms. The normalized spacial score (nSPS) is 14.0. The molecule has 6 nitrogen and oxygen atoms in total. The quantitative estimate of drug-likeness (QED) is 0.705. The third-order valence-electron chi connectivity index (χ3n) is 4.47. The SMILES string of the molecule is COc1cccc(-c2noc(-c3cccc(CN4CCCC4=O)c3)n2)c1. The number of methoxy groups -OCH3 is 1. The molecule has 1 saturated heterocycles. The molecule has 0 aliphatic carbocycles. The second-order valence-corrected chi connectivity index (χ2v) is 6.27. The lowest BCUT2D eigenvalue weighted by Gasteiger charge is -2.15. The standard InChI is InChI=1S/C20H19N3O3/c1-25-17-8-3-6-15(12-17)19-21-20(26-22-19)16-7-2-5-14(11-16)13-23-10-4-9-18(23)24/h2-3,5-8,11-12H,4,9-10,13H2,1H3. The van der Waals surface area contributed by atoms with Gasteiger partial charge < -0.3 is 14.2 Å². The molecule has 1 aliphatic heterocycles. The largest absolute Gasteiger partial charge is 0.497 e. The van der Waals surface area contributed by atoms with Crippen LogP contribution < -0.4 is 4.74 Å². The molecule has 4 rings (SSSR count). The molecule has 0 radical (unpaired) electrons. The van der Waals surface area contributed by atoms with Gasteiger partial charge >= 0.3 is 0 Å². The second kappa shape index (κ2) is 7.00. The van der Waals surface area contributed by atoms with Crippen molar-refractivity contribution in [3.8, 4) is 28.6 Å². The molecule has 1 aromatic heterocycles. The van der Waals surface area contributed by atoms with Crippen LogP contribution in [0.15, 0.2) is 53.1 Å². The van der Waals surface area contributed by atoms with E-state index in [1.165, 1.54) is 0 Å². The highest BCUT2D eigenvalue weighted by molar-refractivity contribution is 5.78. The van der Waals surface area contributed by atoms with Crippen molar-refractivity contribution in [1.29, 1.82) is 0 Å². The van der Waals surface area contributed by atoms with Gasteiger partial charge in [-0.1, -0.05) is 29.4 Å². The van der Waals surface area contributed by atoms with Crippen LogP contribution in [0.1, 0.15) is 18.4 Å². The minimum Gasteiger partial charge on any atom is -0.497 e. The minimum atomic E-state index is 0.216. The summed E-state index contributed by atoms with van der Waals surface area (Å²) in [5.74, 6) is 1.93. The van der Waals surface area contributed by atoms with E-state index < -0.39 is 0 Å². The van der Waals surface area contributed by atoms with Crippen molar-refractivity contribution >= 4 is 5.91 Å². The Bertz CT molecular complexity index is 935. The van der Waals surface area contributed by atoms with Crippen LogP contribution in [0.25, 0.3) is 22.8 Å². The van der Waals surface area contributed by atoms with Crippen LogP contribution in [-0.4, -0.2) is 34.6 Å². The summed E-state index contributed by atoms with van der Waals surface area (Å²) < 4.78 is 10.7. The molecule has 1 amide bonds. The Balaban J connectivity index is 1.57. The Labute approximate surface area is 151 Å². The van der Waals surface area contributed by atoms with E-state index in [9.17, 15) is 4.79 Å². The molecule has 0 atom stereocenters. The van der Waals surface area contributed by atoms with Gasteiger partial charge in [-0.3, -0.25) is 4.79 Å². The summed E-state index contributed by atoms with van der Waals surface area (Å²) in [5, 5.41) is 4.08. The minimum absolute atomic E-state index is 0.216. The van der Waals surface area contributed by atoms with Crippen molar-refractivity contribution < 1.29 is 14.1 Å². The predicted molar refractivity (Wildman–Crippen MR) is 96.4 cm³/mol. The summed E-state index contributed by atoms with van der Waals surface area (Å²) in [4.78, 5) is 18.2. The Morgan fingerprint density at radius 2 is 2.00 bits per heavy atom. The van der Waals surface area contributed by atoms with Crippen LogP contribution in [0.2, 0.25) is 0 Å². The van der Waals surface area contributed by atoms with Crippen LogP contribution >= 0.6 is 0 Å². The van der Waals surface area contributed by atoms with Gasteiger partial charge in [-0.25, -0.2) is 0 Å². The first-order valence-corrected chi connectivity index (χ1v) is 8.58. The molecule has 0 bridgehead atoms. The number of ether oxygens (including phenoxy) is 1. The fourth-order valence-electron chi connectivity index (χ4n) is 3.11. The van der Waals surface area contributed by atoms with E-state index in [1.54, 1.807) is 7.11 Å². The highest BCUT2D eigenvalue weighted by atomic mass is 16.5. The highest BCUT2D eigenvalue weighted by Gasteiger charge is 2.20. The van der Waals surface area contributed by atoms with Gasteiger partial charge in [-0.05, 0) is 36.2 Å². The van der Waals surface area contributed by atoms with Crippen molar-refractivity contribution in [2.45, 2.75) is 19.4 Å². The van der Waals surface area contributed by atoms with Gasteiger partial charge in [0.1, 0.15) is 5.75 Å². The second-order valence-electron chi connectivity index (χ2n) is 6.27. The van der Waals surface area contributed by atoms with Crippen LogP contribution in [0, 0.1) is 0 Å². The summed E-state index contributed by atoms with van der Waals surface area (Å²) in [5.41, 5.74) is 2.73. The predicted octanol–water partition coefficient (Wildman–Crippen LogP) is 3.53. The number of likely N-dealkylation sites (tertiary alicyclic amines) is 1. The number of amides is 1. The zero-order valence-corrected chi connectivity index (χ0v) is 14.5. The first-order chi connectivity index (χ1) is 12.7. The number of aromatic nitrogens is 2. The van der Waals surface area contributed by atoms with Crippen LogP contribution in [0.4, 0.5) is 0 Å². The molecule has 0 saturated carbocycles. The lowest BCUT2D eigenvalue weighted by Crippen LogP contribution is -2.23. The van der Waals surface area contributed by atoms with Gasteiger partial charge in [-0.2, -0.15) is 4.98 Å². The fourth-order valence-corrected chi connectivity index (χ4v) is 3.11. The van der Waals surface area contributed by atoms with E-state index >= 15 is 0 Å². The smallest absolute Gasteiger partial charge is 0.258 e. The van der Waals surface area contributed by atoms with Crippen LogP contribution in [0.3, 0.4) is 0 Å². The molecule has 3 aromatic rings. The topological polar surface area (TPSA) is 68.5 Å². The average Bonchev–Trinajstić information content (AvgIpc) is 3.32. The van der Waals surface area contributed by atoms with Crippen molar-refractivity contribution in [2.24, 2.45) is 0 Å². The number of hydrogen-bond donors (Lipinski definition) is 0. The van der Waals surface area contributed by atoms with E-state index in [0.29, 0.717) is 24.7 Å². The Hall–Kier alpha value is -3.15. The lowest BCUT2D eigenvalue weighted by molar-refractivity contribution is -0.128. The van der Waals surface area contributed by atoms with Crippen molar-refractivity contribution in [3.63, 3.8) is 0 Å². The molecular formula is C20H19N3O3. The average molecular weight is 349 g/mol. The molecule has 6 heteroatoms. The van der Waals surface area contributed by atoms with Gasteiger partial charge in [0.25, 0.3) is 5.89 Å². The van der Waals surface area contributed by atoms with Gasteiger partial charge in [0.05, 0.1) is 7.11 Å². The molecule has 0 unspecified atom stereocenters. The molecule has 132 valence electrons. The fraction of sp³-hybridized carbons (Fsp3) is 0.250. The van der Waals surface area contributed by atoms with Gasteiger partial charge in [0.2, 0.25) is 11.7 Å². The van der Waals surface area contributed by atoms with Gasteiger partial charge in [-0.15, -0.1) is 0 Å². The number of rotatable bonds is 5. The van der Waals surface area contributed by atoms with Crippen molar-refractivity contribution in [2.75, 3.05) is 13.7 Å². The van der Waals surface area contributed by atoms with E-state index in [0.717, 1.165) is 35.4 Å². The number of benzene rings is 2. The zero-order valence-electron chi connectivity index (χ0n) is 14.5. The first-order valence-electron chi connectivity index (χ1n) is 8.58. The van der Waals surface area contributed by atoms with Crippen LogP contribution in [-0.2, 0) is 11.3 Å². The van der Waals surface area contributed by atoms with Gasteiger partial charge in [0.15, 0.2) is 0 Å².